The lowest BCUT2D eigenvalue weighted by molar-refractivity contribution is 0.0695. The lowest BCUT2D eigenvalue weighted by Crippen LogP contribution is -2.28. The van der Waals surface area contributed by atoms with Gasteiger partial charge in [-0.3, -0.25) is 4.79 Å². The Bertz CT molecular complexity index is 998. The number of carbonyl (C=O) groups excluding carboxylic acids is 1. The monoisotopic (exact) mass is 382 g/mol. The number of aromatic nitrogens is 3. The maximum absolute atomic E-state index is 12.7. The molecule has 3 aromatic rings. The first kappa shape index (κ1) is 19.3. The molecular weight excluding hydrogens is 360 g/mol. The van der Waals surface area contributed by atoms with Gasteiger partial charge in [0.2, 0.25) is 0 Å². The molecule has 0 saturated carbocycles. The number of carboxylic acids is 1. The van der Waals surface area contributed by atoms with E-state index in [0.29, 0.717) is 29.1 Å². The molecule has 0 aliphatic heterocycles. The van der Waals surface area contributed by atoms with Crippen LogP contribution in [0.2, 0.25) is 0 Å². The van der Waals surface area contributed by atoms with Crippen LogP contribution in [-0.4, -0.2) is 31.9 Å². The molecule has 8 nitrogen and oxygen atoms in total. The van der Waals surface area contributed by atoms with Crippen LogP contribution >= 0.6 is 0 Å². The molecule has 0 aliphatic rings. The van der Waals surface area contributed by atoms with E-state index < -0.39 is 5.97 Å². The van der Waals surface area contributed by atoms with Crippen molar-refractivity contribution >= 4 is 11.9 Å². The maximum atomic E-state index is 12.7. The van der Waals surface area contributed by atoms with Crippen LogP contribution in [-0.2, 0) is 0 Å². The maximum Gasteiger partial charge on any atom is 0.339 e. The summed E-state index contributed by atoms with van der Waals surface area (Å²) in [6, 6.07) is 6.65. The Labute approximate surface area is 162 Å². The van der Waals surface area contributed by atoms with E-state index in [9.17, 15) is 9.59 Å². The van der Waals surface area contributed by atoms with E-state index in [0.717, 1.165) is 11.3 Å². The summed E-state index contributed by atoms with van der Waals surface area (Å²) in [5.74, 6) is -0.533. The van der Waals surface area contributed by atoms with Crippen LogP contribution in [0.25, 0.3) is 5.69 Å². The van der Waals surface area contributed by atoms with Crippen molar-refractivity contribution in [1.29, 1.82) is 0 Å². The van der Waals surface area contributed by atoms with Crippen molar-refractivity contribution in [3.63, 3.8) is 0 Å². The zero-order valence-corrected chi connectivity index (χ0v) is 16.2. The summed E-state index contributed by atoms with van der Waals surface area (Å²) in [6.45, 7) is 7.36. The van der Waals surface area contributed by atoms with Crippen LogP contribution in [0.1, 0.15) is 62.8 Å². The van der Waals surface area contributed by atoms with E-state index in [4.69, 9.17) is 9.63 Å². The summed E-state index contributed by atoms with van der Waals surface area (Å²) in [6.07, 6.45) is 2.02. The topological polar surface area (TPSA) is 110 Å². The van der Waals surface area contributed by atoms with Crippen molar-refractivity contribution in [3.8, 4) is 5.69 Å². The number of nitrogens with one attached hydrogen (secondary N) is 1. The predicted octanol–water partition coefficient (Wildman–Crippen LogP) is 3.36. The first-order valence-corrected chi connectivity index (χ1v) is 8.95. The second kappa shape index (κ2) is 7.67. The summed E-state index contributed by atoms with van der Waals surface area (Å²) >= 11 is 0. The molecule has 0 aliphatic carbocycles. The minimum absolute atomic E-state index is 0.145. The average molecular weight is 382 g/mol. The number of amides is 1. The van der Waals surface area contributed by atoms with E-state index in [1.807, 2.05) is 20.8 Å². The highest BCUT2D eigenvalue weighted by Crippen LogP contribution is 2.24. The number of nitrogens with zero attached hydrogens (tertiary/aromatic N) is 3. The number of benzene rings is 1. The molecule has 1 atom stereocenters. The number of carboxylic acid groups (broad SMARTS) is 1. The quantitative estimate of drug-likeness (QED) is 0.676. The van der Waals surface area contributed by atoms with Crippen molar-refractivity contribution in [1.82, 2.24) is 20.3 Å². The van der Waals surface area contributed by atoms with Crippen LogP contribution in [0.5, 0.6) is 0 Å². The smallest absolute Gasteiger partial charge is 0.339 e. The van der Waals surface area contributed by atoms with Crippen molar-refractivity contribution in [2.45, 2.75) is 40.2 Å². The number of aromatic carboxylic acids is 1. The fourth-order valence-electron chi connectivity index (χ4n) is 3.24. The molecule has 3 rings (SSSR count). The van der Waals surface area contributed by atoms with Gasteiger partial charge in [0.25, 0.3) is 5.91 Å². The summed E-state index contributed by atoms with van der Waals surface area (Å²) in [7, 11) is 0. The van der Waals surface area contributed by atoms with Gasteiger partial charge in [0.1, 0.15) is 11.3 Å². The molecule has 2 N–H and O–H groups in total. The van der Waals surface area contributed by atoms with E-state index >= 15 is 0 Å². The van der Waals surface area contributed by atoms with Gasteiger partial charge >= 0.3 is 5.97 Å². The normalized spacial score (nSPS) is 12.0. The Hall–Kier alpha value is -3.42. The third-order valence-electron chi connectivity index (χ3n) is 4.76. The van der Waals surface area contributed by atoms with Gasteiger partial charge in [-0.1, -0.05) is 12.1 Å². The van der Waals surface area contributed by atoms with Gasteiger partial charge in [0.15, 0.2) is 0 Å². The van der Waals surface area contributed by atoms with E-state index in [-0.39, 0.29) is 17.5 Å². The van der Waals surface area contributed by atoms with Gasteiger partial charge < -0.3 is 14.9 Å². The molecule has 0 saturated heterocycles. The zero-order valence-electron chi connectivity index (χ0n) is 16.2. The number of hydrogen-bond acceptors (Lipinski definition) is 5. The number of hydrogen-bond donors (Lipinski definition) is 2. The third-order valence-corrected chi connectivity index (χ3v) is 4.76. The minimum atomic E-state index is -1.02. The highest BCUT2D eigenvalue weighted by molar-refractivity contribution is 5.94. The second-order valence-electron chi connectivity index (χ2n) is 6.58. The van der Waals surface area contributed by atoms with Crippen LogP contribution in [0.3, 0.4) is 0 Å². The molecule has 8 heteroatoms. The van der Waals surface area contributed by atoms with Crippen molar-refractivity contribution < 1.29 is 19.2 Å². The van der Waals surface area contributed by atoms with E-state index in [2.05, 4.69) is 15.6 Å². The molecule has 0 spiro atoms. The molecule has 1 unspecified atom stereocenters. The molecule has 0 radical (unpaired) electrons. The third kappa shape index (κ3) is 3.53. The van der Waals surface area contributed by atoms with Gasteiger partial charge in [-0.15, -0.1) is 0 Å². The molecule has 146 valence electrons. The highest BCUT2D eigenvalue weighted by atomic mass is 16.5. The van der Waals surface area contributed by atoms with E-state index in [1.165, 1.54) is 10.9 Å². The Morgan fingerprint density at radius 2 is 1.89 bits per heavy atom. The molecule has 0 fully saturated rings. The Morgan fingerprint density at radius 3 is 2.39 bits per heavy atom. The fourth-order valence-corrected chi connectivity index (χ4v) is 3.24. The predicted molar refractivity (Wildman–Crippen MR) is 102 cm³/mol. The molecule has 1 amide bonds. The van der Waals surface area contributed by atoms with Gasteiger partial charge in [-0.25, -0.2) is 9.48 Å². The lowest BCUT2D eigenvalue weighted by Gasteiger charge is -2.17. The molecule has 2 aromatic heterocycles. The molecule has 2 heterocycles. The number of rotatable bonds is 6. The van der Waals surface area contributed by atoms with E-state index in [1.54, 1.807) is 31.2 Å². The number of carbonyl (C=O) groups is 2. The molecule has 0 bridgehead atoms. The summed E-state index contributed by atoms with van der Waals surface area (Å²) < 4.78 is 6.74. The molecule has 28 heavy (non-hydrogen) atoms. The van der Waals surface area contributed by atoms with Gasteiger partial charge in [-0.05, 0) is 51.5 Å². The zero-order chi connectivity index (χ0) is 20.4. The Kier molecular flexibility index (Phi) is 5.30. The van der Waals surface area contributed by atoms with Crippen molar-refractivity contribution in [2.75, 3.05) is 0 Å². The Balaban J connectivity index is 1.79. The molecule has 1 aromatic carbocycles. The van der Waals surface area contributed by atoms with Gasteiger partial charge in [-0.2, -0.15) is 5.10 Å². The SMILES string of the molecule is CCC(NC(=O)c1ccc(-n2ncc(C(=O)O)c2C)cc1)c1c(C)noc1C. The Morgan fingerprint density at radius 1 is 1.21 bits per heavy atom. The minimum Gasteiger partial charge on any atom is -0.478 e. The van der Waals surface area contributed by atoms with Crippen LogP contribution < -0.4 is 5.32 Å². The van der Waals surface area contributed by atoms with Crippen molar-refractivity contribution in [3.05, 3.63) is 64.3 Å². The van der Waals surface area contributed by atoms with Crippen LogP contribution in [0.4, 0.5) is 0 Å². The van der Waals surface area contributed by atoms with Crippen LogP contribution in [0, 0.1) is 20.8 Å². The highest BCUT2D eigenvalue weighted by Gasteiger charge is 2.21. The number of aryl methyl sites for hydroxylation is 2. The summed E-state index contributed by atoms with van der Waals surface area (Å²) in [5.41, 5.74) is 3.52. The lowest BCUT2D eigenvalue weighted by atomic mass is 10.0. The van der Waals surface area contributed by atoms with Gasteiger partial charge in [0, 0.05) is 11.1 Å². The second-order valence-corrected chi connectivity index (χ2v) is 6.58. The summed E-state index contributed by atoms with van der Waals surface area (Å²) in [5, 5.41) is 20.2. The standard InChI is InChI=1S/C20H22N4O4/c1-5-17(18-11(2)23-28-13(18)4)22-19(25)14-6-8-15(9-7-14)24-12(3)16(10-21-24)20(26)27/h6-10,17H,5H2,1-4H3,(H,22,25)(H,26,27). The summed E-state index contributed by atoms with van der Waals surface area (Å²) in [4.78, 5) is 23.8. The average Bonchev–Trinajstić information content (AvgIpc) is 3.22. The first-order valence-electron chi connectivity index (χ1n) is 8.95. The molecular formula is C20H22N4O4. The van der Waals surface area contributed by atoms with Crippen LogP contribution in [0.15, 0.2) is 35.0 Å². The first-order chi connectivity index (χ1) is 13.3. The fraction of sp³-hybridized carbons (Fsp3) is 0.300. The van der Waals surface area contributed by atoms with Gasteiger partial charge in [0.05, 0.1) is 29.3 Å². The van der Waals surface area contributed by atoms with Crippen molar-refractivity contribution in [2.24, 2.45) is 0 Å². The largest absolute Gasteiger partial charge is 0.478 e.